The van der Waals surface area contributed by atoms with Crippen molar-refractivity contribution in [1.29, 1.82) is 0 Å². The minimum atomic E-state index is -0.0297. The lowest BCUT2D eigenvalue weighted by Crippen LogP contribution is -2.26. The maximum Gasteiger partial charge on any atom is 0.254 e. The van der Waals surface area contributed by atoms with Crippen molar-refractivity contribution < 1.29 is 4.79 Å². The van der Waals surface area contributed by atoms with Crippen molar-refractivity contribution in [2.45, 2.75) is 39.7 Å². The second kappa shape index (κ2) is 5.68. The van der Waals surface area contributed by atoms with Crippen LogP contribution in [0.25, 0.3) is 0 Å². The van der Waals surface area contributed by atoms with E-state index in [0.29, 0.717) is 17.9 Å². The zero-order valence-electron chi connectivity index (χ0n) is 13.3. The highest BCUT2D eigenvalue weighted by atomic mass is 16.2. The van der Waals surface area contributed by atoms with E-state index in [2.05, 4.69) is 36.0 Å². The van der Waals surface area contributed by atoms with E-state index in [1.807, 2.05) is 31.2 Å². The summed E-state index contributed by atoms with van der Waals surface area (Å²) in [7, 11) is 1.76. The third-order valence-corrected chi connectivity index (χ3v) is 3.37. The number of hydrogen-bond donors (Lipinski definition) is 1. The molecule has 5 nitrogen and oxygen atoms in total. The number of H-pyrrole nitrogens is 1. The van der Waals surface area contributed by atoms with Crippen LogP contribution in [0, 0.1) is 6.92 Å². The number of aryl methyl sites for hydroxylation is 1. The molecular formula is C16H22N4O. The Morgan fingerprint density at radius 3 is 2.33 bits per heavy atom. The van der Waals surface area contributed by atoms with Crippen molar-refractivity contribution in [3.05, 3.63) is 47.0 Å². The molecule has 0 spiro atoms. The summed E-state index contributed by atoms with van der Waals surface area (Å²) >= 11 is 0. The van der Waals surface area contributed by atoms with Gasteiger partial charge in [0.15, 0.2) is 5.82 Å². The first-order valence-electron chi connectivity index (χ1n) is 7.01. The van der Waals surface area contributed by atoms with Gasteiger partial charge in [0, 0.05) is 12.6 Å². The molecule has 1 heterocycles. The zero-order valence-corrected chi connectivity index (χ0v) is 13.3. The highest BCUT2D eigenvalue weighted by molar-refractivity contribution is 5.94. The van der Waals surface area contributed by atoms with Gasteiger partial charge in [-0.2, -0.15) is 5.10 Å². The Kier molecular flexibility index (Phi) is 4.11. The Labute approximate surface area is 125 Å². The van der Waals surface area contributed by atoms with Crippen LogP contribution in [-0.2, 0) is 12.0 Å². The lowest BCUT2D eigenvalue weighted by Gasteiger charge is -2.20. The zero-order chi connectivity index (χ0) is 15.6. The number of aromatic amines is 1. The molecule has 5 heteroatoms. The average Bonchev–Trinajstić information content (AvgIpc) is 2.82. The fraction of sp³-hybridized carbons (Fsp3) is 0.438. The molecule has 1 aromatic carbocycles. The van der Waals surface area contributed by atoms with Gasteiger partial charge in [-0.15, -0.1) is 0 Å². The number of amides is 1. The number of nitrogens with one attached hydrogen (secondary N) is 1. The summed E-state index contributed by atoms with van der Waals surface area (Å²) in [5, 5.41) is 6.83. The van der Waals surface area contributed by atoms with Gasteiger partial charge < -0.3 is 4.90 Å². The number of carbonyl (C=O) groups excluding carboxylic acids is 1. The van der Waals surface area contributed by atoms with Crippen LogP contribution in [0.4, 0.5) is 0 Å². The SMILES string of the molecule is Cc1nc(CN(C)C(=O)c2ccc(C(C)(C)C)cc2)n[nH]1. The molecule has 0 atom stereocenters. The van der Waals surface area contributed by atoms with E-state index in [1.165, 1.54) is 5.56 Å². The fourth-order valence-corrected chi connectivity index (χ4v) is 2.08. The molecule has 0 fully saturated rings. The molecule has 1 N–H and O–H groups in total. The first-order chi connectivity index (χ1) is 9.77. The van der Waals surface area contributed by atoms with Crippen LogP contribution in [0.2, 0.25) is 0 Å². The van der Waals surface area contributed by atoms with Gasteiger partial charge in [-0.1, -0.05) is 32.9 Å². The molecule has 0 bridgehead atoms. The number of benzene rings is 1. The van der Waals surface area contributed by atoms with Gasteiger partial charge in [0.2, 0.25) is 0 Å². The van der Waals surface area contributed by atoms with Gasteiger partial charge in [-0.05, 0) is 30.0 Å². The molecule has 21 heavy (non-hydrogen) atoms. The van der Waals surface area contributed by atoms with Crippen LogP contribution in [0.15, 0.2) is 24.3 Å². The molecule has 2 rings (SSSR count). The number of hydrogen-bond acceptors (Lipinski definition) is 3. The van der Waals surface area contributed by atoms with Gasteiger partial charge in [-0.3, -0.25) is 9.89 Å². The van der Waals surface area contributed by atoms with E-state index in [0.717, 1.165) is 5.82 Å². The van der Waals surface area contributed by atoms with Crippen molar-refractivity contribution in [3.8, 4) is 0 Å². The lowest BCUT2D eigenvalue weighted by molar-refractivity contribution is 0.0781. The lowest BCUT2D eigenvalue weighted by atomic mass is 9.86. The minimum absolute atomic E-state index is 0.0297. The molecular weight excluding hydrogens is 264 g/mol. The highest BCUT2D eigenvalue weighted by Gasteiger charge is 2.17. The Balaban J connectivity index is 2.08. The van der Waals surface area contributed by atoms with E-state index in [1.54, 1.807) is 11.9 Å². The summed E-state index contributed by atoms with van der Waals surface area (Å²) in [6.07, 6.45) is 0. The Morgan fingerprint density at radius 1 is 1.24 bits per heavy atom. The summed E-state index contributed by atoms with van der Waals surface area (Å²) in [4.78, 5) is 18.2. The van der Waals surface area contributed by atoms with E-state index in [4.69, 9.17) is 0 Å². The molecule has 0 aliphatic heterocycles. The van der Waals surface area contributed by atoms with Gasteiger partial charge in [0.25, 0.3) is 5.91 Å². The smallest absolute Gasteiger partial charge is 0.254 e. The summed E-state index contributed by atoms with van der Waals surface area (Å²) in [5.41, 5.74) is 1.98. The van der Waals surface area contributed by atoms with E-state index < -0.39 is 0 Å². The van der Waals surface area contributed by atoms with Crippen LogP contribution in [0.5, 0.6) is 0 Å². The number of carbonyl (C=O) groups is 1. The summed E-state index contributed by atoms with van der Waals surface area (Å²) in [6.45, 7) is 8.69. The fourth-order valence-electron chi connectivity index (χ4n) is 2.08. The highest BCUT2D eigenvalue weighted by Crippen LogP contribution is 2.22. The van der Waals surface area contributed by atoms with Gasteiger partial charge >= 0.3 is 0 Å². The Bertz CT molecular complexity index is 622. The van der Waals surface area contributed by atoms with Gasteiger partial charge in [-0.25, -0.2) is 4.98 Å². The monoisotopic (exact) mass is 286 g/mol. The summed E-state index contributed by atoms with van der Waals surface area (Å²) < 4.78 is 0. The summed E-state index contributed by atoms with van der Waals surface area (Å²) in [5.74, 6) is 1.34. The van der Waals surface area contributed by atoms with Crippen molar-refractivity contribution in [2.24, 2.45) is 0 Å². The van der Waals surface area contributed by atoms with Crippen molar-refractivity contribution >= 4 is 5.91 Å². The van der Waals surface area contributed by atoms with E-state index in [-0.39, 0.29) is 11.3 Å². The second-order valence-electron chi connectivity index (χ2n) is 6.33. The third-order valence-electron chi connectivity index (χ3n) is 3.37. The normalized spacial score (nSPS) is 11.5. The second-order valence-corrected chi connectivity index (χ2v) is 6.33. The average molecular weight is 286 g/mol. The van der Waals surface area contributed by atoms with Crippen LogP contribution in [0.1, 0.15) is 48.3 Å². The summed E-state index contributed by atoms with van der Waals surface area (Å²) in [6, 6.07) is 7.78. The van der Waals surface area contributed by atoms with Crippen LogP contribution < -0.4 is 0 Å². The molecule has 0 unspecified atom stereocenters. The van der Waals surface area contributed by atoms with Crippen LogP contribution >= 0.6 is 0 Å². The van der Waals surface area contributed by atoms with Crippen LogP contribution in [-0.4, -0.2) is 33.0 Å². The first kappa shape index (κ1) is 15.2. The van der Waals surface area contributed by atoms with E-state index >= 15 is 0 Å². The molecule has 1 aromatic heterocycles. The standard InChI is InChI=1S/C16H22N4O/c1-11-17-14(19-18-11)10-20(5)15(21)12-6-8-13(9-7-12)16(2,3)4/h6-9H,10H2,1-5H3,(H,17,18,19). The van der Waals surface area contributed by atoms with Gasteiger partial charge in [0.05, 0.1) is 6.54 Å². The topological polar surface area (TPSA) is 61.9 Å². The molecule has 0 radical (unpaired) electrons. The third kappa shape index (κ3) is 3.68. The molecule has 0 saturated heterocycles. The molecule has 0 aliphatic carbocycles. The molecule has 2 aromatic rings. The maximum atomic E-state index is 12.4. The number of nitrogens with zero attached hydrogens (tertiary/aromatic N) is 3. The molecule has 112 valence electrons. The van der Waals surface area contributed by atoms with Crippen molar-refractivity contribution in [3.63, 3.8) is 0 Å². The molecule has 1 amide bonds. The minimum Gasteiger partial charge on any atom is -0.334 e. The predicted molar refractivity (Wildman–Crippen MR) is 82.1 cm³/mol. The predicted octanol–water partition coefficient (Wildman–Crippen LogP) is 2.68. The molecule has 0 aliphatic rings. The Morgan fingerprint density at radius 2 is 1.86 bits per heavy atom. The first-order valence-corrected chi connectivity index (χ1v) is 7.01. The Hall–Kier alpha value is -2.17. The van der Waals surface area contributed by atoms with Crippen molar-refractivity contribution in [1.82, 2.24) is 20.1 Å². The number of aromatic nitrogens is 3. The van der Waals surface area contributed by atoms with E-state index in [9.17, 15) is 4.79 Å². The van der Waals surface area contributed by atoms with Crippen molar-refractivity contribution in [2.75, 3.05) is 7.05 Å². The number of rotatable bonds is 3. The quantitative estimate of drug-likeness (QED) is 0.943. The molecule has 0 saturated carbocycles. The largest absolute Gasteiger partial charge is 0.334 e. The van der Waals surface area contributed by atoms with Crippen LogP contribution in [0.3, 0.4) is 0 Å². The maximum absolute atomic E-state index is 12.4. The van der Waals surface area contributed by atoms with Gasteiger partial charge in [0.1, 0.15) is 5.82 Å².